The van der Waals surface area contributed by atoms with E-state index in [4.69, 9.17) is 26.8 Å². The summed E-state index contributed by atoms with van der Waals surface area (Å²) in [5.74, 6) is 1.96. The van der Waals surface area contributed by atoms with Gasteiger partial charge in [-0.15, -0.1) is 0 Å². The van der Waals surface area contributed by atoms with Gasteiger partial charge in [0, 0.05) is 29.5 Å². The molecule has 5 rings (SSSR count). The second-order valence-electron chi connectivity index (χ2n) is 8.25. The molecular formula is C23H26ClN3O2. The van der Waals surface area contributed by atoms with E-state index < -0.39 is 5.66 Å². The molecule has 1 saturated heterocycles. The third kappa shape index (κ3) is 3.32. The van der Waals surface area contributed by atoms with Crippen molar-refractivity contribution in [2.24, 2.45) is 11.7 Å². The normalized spacial score (nSPS) is 28.5. The minimum atomic E-state index is -0.474. The van der Waals surface area contributed by atoms with E-state index in [1.165, 1.54) is 0 Å². The Balaban J connectivity index is 1.56. The van der Waals surface area contributed by atoms with E-state index in [0.717, 1.165) is 65.6 Å². The average Bonchev–Trinajstić information content (AvgIpc) is 3.02. The Hall–Kier alpha value is -2.37. The van der Waals surface area contributed by atoms with E-state index in [1.807, 2.05) is 25.1 Å². The predicted octanol–water partition coefficient (Wildman–Crippen LogP) is 4.08. The molecule has 29 heavy (non-hydrogen) atoms. The summed E-state index contributed by atoms with van der Waals surface area (Å²) >= 11 is 6.22. The number of rotatable bonds is 2. The molecule has 3 atom stereocenters. The monoisotopic (exact) mass is 411 g/mol. The molecule has 0 radical (unpaired) electrons. The van der Waals surface area contributed by atoms with Crippen LogP contribution in [0.3, 0.4) is 0 Å². The van der Waals surface area contributed by atoms with Gasteiger partial charge >= 0.3 is 0 Å². The van der Waals surface area contributed by atoms with E-state index >= 15 is 0 Å². The Morgan fingerprint density at radius 3 is 2.72 bits per heavy atom. The number of allylic oxidation sites excluding steroid dienone is 1. The summed E-state index contributed by atoms with van der Waals surface area (Å²) in [5.41, 5.74) is 9.99. The maximum Gasteiger partial charge on any atom is 0.142 e. The molecule has 152 valence electrons. The fraction of sp³-hybridized carbons (Fsp3) is 0.391. The molecule has 2 aromatic rings. The van der Waals surface area contributed by atoms with Crippen molar-refractivity contribution < 1.29 is 9.47 Å². The first kappa shape index (κ1) is 18.6. The van der Waals surface area contributed by atoms with Crippen molar-refractivity contribution in [3.8, 4) is 16.9 Å². The Labute approximate surface area is 176 Å². The Morgan fingerprint density at radius 2 is 2.00 bits per heavy atom. The molecule has 0 amide bonds. The van der Waals surface area contributed by atoms with Gasteiger partial charge in [-0.2, -0.15) is 0 Å². The molecular weight excluding hydrogens is 386 g/mol. The van der Waals surface area contributed by atoms with Crippen LogP contribution >= 0.6 is 11.6 Å². The number of ether oxygens (including phenoxy) is 2. The summed E-state index contributed by atoms with van der Waals surface area (Å²) in [5, 5.41) is 7.89. The number of hydrogen-bond acceptors (Lipinski definition) is 5. The molecule has 4 N–H and O–H groups in total. The van der Waals surface area contributed by atoms with E-state index in [9.17, 15) is 0 Å². The van der Waals surface area contributed by atoms with Crippen LogP contribution in [0.15, 0.2) is 54.0 Å². The van der Waals surface area contributed by atoms with Crippen molar-refractivity contribution >= 4 is 11.6 Å². The van der Waals surface area contributed by atoms with E-state index in [-0.39, 0.29) is 6.10 Å². The zero-order chi connectivity index (χ0) is 20.0. The summed E-state index contributed by atoms with van der Waals surface area (Å²) in [6.45, 7) is 3.60. The lowest BCUT2D eigenvalue weighted by Crippen LogP contribution is -2.55. The Morgan fingerprint density at radius 1 is 1.14 bits per heavy atom. The summed E-state index contributed by atoms with van der Waals surface area (Å²) in [4.78, 5) is 0. The molecule has 1 spiro atoms. The molecule has 3 aliphatic rings. The summed E-state index contributed by atoms with van der Waals surface area (Å²) in [7, 11) is 0. The van der Waals surface area contributed by atoms with Gasteiger partial charge in [0.2, 0.25) is 0 Å². The highest BCUT2D eigenvalue weighted by atomic mass is 35.5. The lowest BCUT2D eigenvalue weighted by atomic mass is 9.82. The van der Waals surface area contributed by atoms with Gasteiger partial charge in [-0.1, -0.05) is 29.8 Å². The van der Waals surface area contributed by atoms with Crippen molar-refractivity contribution in [3.63, 3.8) is 0 Å². The van der Waals surface area contributed by atoms with Crippen molar-refractivity contribution in [2.45, 2.75) is 38.0 Å². The van der Waals surface area contributed by atoms with E-state index in [0.29, 0.717) is 11.7 Å². The zero-order valence-corrected chi connectivity index (χ0v) is 17.3. The quantitative estimate of drug-likeness (QED) is 0.694. The van der Waals surface area contributed by atoms with Crippen molar-refractivity contribution in [2.75, 3.05) is 13.2 Å². The number of nitrogens with one attached hydrogen (secondary N) is 2. The maximum absolute atomic E-state index is 6.50. The number of nitrogens with two attached hydrogens (primary N) is 1. The molecule has 0 aliphatic carbocycles. The van der Waals surface area contributed by atoms with Gasteiger partial charge in [-0.3, -0.25) is 0 Å². The molecule has 3 aliphatic heterocycles. The number of hydrogen-bond donors (Lipinski definition) is 3. The zero-order valence-electron chi connectivity index (χ0n) is 16.5. The first-order valence-electron chi connectivity index (χ1n) is 10.2. The Kier molecular flexibility index (Phi) is 4.60. The van der Waals surface area contributed by atoms with Gasteiger partial charge < -0.3 is 25.8 Å². The highest BCUT2D eigenvalue weighted by molar-refractivity contribution is 6.30. The third-order valence-electron chi connectivity index (χ3n) is 6.26. The average molecular weight is 412 g/mol. The van der Waals surface area contributed by atoms with Crippen LogP contribution in [-0.2, 0) is 10.4 Å². The molecule has 1 fully saturated rings. The number of fused-ring (bicyclic) bond motifs is 2. The highest BCUT2D eigenvalue weighted by Gasteiger charge is 2.47. The lowest BCUT2D eigenvalue weighted by Gasteiger charge is -2.44. The van der Waals surface area contributed by atoms with E-state index in [1.54, 1.807) is 0 Å². The largest absolute Gasteiger partial charge is 0.489 e. The van der Waals surface area contributed by atoms with Crippen molar-refractivity contribution in [3.05, 3.63) is 64.6 Å². The smallest absolute Gasteiger partial charge is 0.142 e. The number of benzene rings is 2. The minimum Gasteiger partial charge on any atom is -0.489 e. The van der Waals surface area contributed by atoms with Crippen molar-refractivity contribution in [1.29, 1.82) is 0 Å². The van der Waals surface area contributed by atoms with Crippen LogP contribution in [0.1, 0.15) is 31.7 Å². The highest BCUT2D eigenvalue weighted by Crippen LogP contribution is 2.45. The second kappa shape index (κ2) is 7.15. The van der Waals surface area contributed by atoms with Gasteiger partial charge in [0.05, 0.1) is 12.3 Å². The molecule has 6 heteroatoms. The fourth-order valence-electron chi connectivity index (χ4n) is 4.73. The van der Waals surface area contributed by atoms with Crippen LogP contribution < -0.4 is 21.1 Å². The van der Waals surface area contributed by atoms with Crippen LogP contribution in [0.2, 0.25) is 5.02 Å². The Bertz CT molecular complexity index is 954. The molecule has 3 heterocycles. The van der Waals surface area contributed by atoms with Crippen LogP contribution in [0.25, 0.3) is 11.1 Å². The first-order chi connectivity index (χ1) is 14.0. The van der Waals surface area contributed by atoms with Crippen LogP contribution in [0.5, 0.6) is 5.75 Å². The first-order valence-corrected chi connectivity index (χ1v) is 10.6. The van der Waals surface area contributed by atoms with Gasteiger partial charge in [0.25, 0.3) is 0 Å². The molecule has 0 saturated carbocycles. The molecule has 0 unspecified atom stereocenters. The third-order valence-corrected chi connectivity index (χ3v) is 6.49. The van der Waals surface area contributed by atoms with E-state index in [2.05, 4.69) is 34.9 Å². The molecule has 0 bridgehead atoms. The summed E-state index contributed by atoms with van der Waals surface area (Å²) in [6, 6.07) is 14.2. The maximum atomic E-state index is 6.50. The predicted molar refractivity (Wildman–Crippen MR) is 114 cm³/mol. The van der Waals surface area contributed by atoms with Crippen LogP contribution in [0, 0.1) is 5.92 Å². The SMILES string of the molecule is CC1=C(N)N[C@@]2(C[C@H]([C@H]3CCCOC3)Oc3ccc(-c4cccc(Cl)c4)cc32)N1. The summed E-state index contributed by atoms with van der Waals surface area (Å²) < 4.78 is 12.2. The minimum absolute atomic E-state index is 0.0681. The van der Waals surface area contributed by atoms with Gasteiger partial charge in [-0.25, -0.2) is 0 Å². The van der Waals surface area contributed by atoms with Crippen LogP contribution in [0.4, 0.5) is 0 Å². The topological polar surface area (TPSA) is 68.5 Å². The van der Waals surface area contributed by atoms with Crippen LogP contribution in [-0.4, -0.2) is 19.3 Å². The van der Waals surface area contributed by atoms with Crippen molar-refractivity contribution in [1.82, 2.24) is 10.6 Å². The second-order valence-corrected chi connectivity index (χ2v) is 8.69. The summed E-state index contributed by atoms with van der Waals surface area (Å²) in [6.07, 6.45) is 3.06. The molecule has 0 aromatic heterocycles. The molecule has 2 aromatic carbocycles. The fourth-order valence-corrected chi connectivity index (χ4v) is 4.92. The van der Waals surface area contributed by atoms with Gasteiger partial charge in [-0.05, 0) is 55.2 Å². The molecule has 5 nitrogen and oxygen atoms in total. The van der Waals surface area contributed by atoms with Gasteiger partial charge in [0.15, 0.2) is 0 Å². The lowest BCUT2D eigenvalue weighted by molar-refractivity contribution is -0.0224. The number of halogens is 1. The van der Waals surface area contributed by atoms with Gasteiger partial charge in [0.1, 0.15) is 23.3 Å². The standard InChI is InChI=1S/C23H26ClN3O2/c1-14-22(25)27-23(26-14)12-21(17-5-3-9-28-13-17)29-20-8-7-16(11-19(20)23)15-4-2-6-18(24)10-15/h2,4,6-8,10-11,17,21,26-27H,3,5,9,12-13,25H2,1H3/t17-,21+,23+/m0/s1.